The van der Waals surface area contributed by atoms with E-state index in [1.165, 1.54) is 0 Å². The molecule has 13 heavy (non-hydrogen) atoms. The maximum Gasteiger partial charge on any atom is 0.0966 e. The molecular formula is C10H7ClN2. The Kier molecular flexibility index (Phi) is 3.20. The van der Waals surface area contributed by atoms with Crippen molar-refractivity contribution in [2.75, 3.05) is 5.73 Å². The SMILES string of the molecule is N#CCC#Cc1ccc(N)c(Cl)c1. The van der Waals surface area contributed by atoms with Gasteiger partial charge in [0, 0.05) is 5.56 Å². The third-order valence-corrected chi connectivity index (χ3v) is 1.73. The molecule has 1 aromatic rings. The number of nitrogens with zero attached hydrogens (tertiary/aromatic N) is 1. The highest BCUT2D eigenvalue weighted by Crippen LogP contribution is 2.18. The van der Waals surface area contributed by atoms with Crippen LogP contribution in [0.25, 0.3) is 0 Å². The van der Waals surface area contributed by atoms with Gasteiger partial charge in [0.25, 0.3) is 0 Å². The predicted molar refractivity (Wildman–Crippen MR) is 53.0 cm³/mol. The summed E-state index contributed by atoms with van der Waals surface area (Å²) >= 11 is 5.77. The van der Waals surface area contributed by atoms with Crippen molar-refractivity contribution < 1.29 is 0 Å². The Hall–Kier alpha value is -1.64. The lowest BCUT2D eigenvalue weighted by molar-refractivity contribution is 1.39. The molecule has 0 saturated heterocycles. The topological polar surface area (TPSA) is 49.8 Å². The van der Waals surface area contributed by atoms with Crippen molar-refractivity contribution in [2.24, 2.45) is 0 Å². The van der Waals surface area contributed by atoms with Crippen LogP contribution < -0.4 is 5.73 Å². The van der Waals surface area contributed by atoms with Crippen LogP contribution in [0.2, 0.25) is 5.02 Å². The largest absolute Gasteiger partial charge is 0.398 e. The molecule has 3 heteroatoms. The molecule has 0 aromatic heterocycles. The average molecular weight is 191 g/mol. The van der Waals surface area contributed by atoms with E-state index in [-0.39, 0.29) is 6.42 Å². The molecule has 1 rings (SSSR count). The number of hydrogen-bond acceptors (Lipinski definition) is 2. The molecule has 0 aliphatic heterocycles. The van der Waals surface area contributed by atoms with Gasteiger partial charge >= 0.3 is 0 Å². The Bertz CT molecular complexity index is 407. The Morgan fingerprint density at radius 2 is 2.23 bits per heavy atom. The summed E-state index contributed by atoms with van der Waals surface area (Å²) < 4.78 is 0. The van der Waals surface area contributed by atoms with E-state index in [1.54, 1.807) is 18.2 Å². The number of rotatable bonds is 0. The van der Waals surface area contributed by atoms with Crippen LogP contribution in [0.3, 0.4) is 0 Å². The van der Waals surface area contributed by atoms with Crippen LogP contribution in [0.1, 0.15) is 12.0 Å². The molecule has 0 aliphatic carbocycles. The smallest absolute Gasteiger partial charge is 0.0966 e. The van der Waals surface area contributed by atoms with Gasteiger partial charge in [-0.3, -0.25) is 0 Å². The molecule has 64 valence electrons. The zero-order valence-electron chi connectivity index (χ0n) is 6.84. The highest BCUT2D eigenvalue weighted by molar-refractivity contribution is 6.33. The Balaban J connectivity index is 2.89. The molecule has 1 aromatic carbocycles. The van der Waals surface area contributed by atoms with Crippen molar-refractivity contribution in [3.63, 3.8) is 0 Å². The standard InChI is InChI=1S/C10H7ClN2/c11-9-7-8(3-1-2-6-12)4-5-10(9)13/h4-5,7H,2,13H2. The van der Waals surface area contributed by atoms with Gasteiger partial charge in [0.15, 0.2) is 0 Å². The van der Waals surface area contributed by atoms with E-state index in [0.717, 1.165) is 5.56 Å². The average Bonchev–Trinajstić information content (AvgIpc) is 2.12. The molecule has 0 fully saturated rings. The molecule has 0 unspecified atom stereocenters. The second-order valence-corrected chi connectivity index (χ2v) is 2.78. The third-order valence-electron chi connectivity index (χ3n) is 1.40. The van der Waals surface area contributed by atoms with E-state index in [2.05, 4.69) is 11.8 Å². The second kappa shape index (κ2) is 4.40. The molecular weight excluding hydrogens is 184 g/mol. The number of benzene rings is 1. The zero-order valence-corrected chi connectivity index (χ0v) is 7.60. The van der Waals surface area contributed by atoms with Crippen molar-refractivity contribution in [3.05, 3.63) is 28.8 Å². The molecule has 2 nitrogen and oxygen atoms in total. The lowest BCUT2D eigenvalue weighted by atomic mass is 10.2. The monoisotopic (exact) mass is 190 g/mol. The summed E-state index contributed by atoms with van der Waals surface area (Å²) in [4.78, 5) is 0. The summed E-state index contributed by atoms with van der Waals surface area (Å²) in [6, 6.07) is 7.08. The van der Waals surface area contributed by atoms with E-state index >= 15 is 0 Å². The van der Waals surface area contributed by atoms with Crippen molar-refractivity contribution in [3.8, 4) is 17.9 Å². The zero-order chi connectivity index (χ0) is 9.68. The molecule has 0 atom stereocenters. The maximum atomic E-state index is 8.24. The summed E-state index contributed by atoms with van der Waals surface area (Å²) in [6.45, 7) is 0. The van der Waals surface area contributed by atoms with Gasteiger partial charge in [-0.2, -0.15) is 5.26 Å². The minimum atomic E-state index is 0.224. The predicted octanol–water partition coefficient (Wildman–Crippen LogP) is 2.19. The second-order valence-electron chi connectivity index (χ2n) is 2.37. The molecule has 0 saturated carbocycles. The highest BCUT2D eigenvalue weighted by atomic mass is 35.5. The van der Waals surface area contributed by atoms with E-state index in [4.69, 9.17) is 22.6 Å². The fourth-order valence-electron chi connectivity index (χ4n) is 0.791. The number of anilines is 1. The lowest BCUT2D eigenvalue weighted by Crippen LogP contribution is -1.86. The van der Waals surface area contributed by atoms with Crippen LogP contribution in [0.5, 0.6) is 0 Å². The van der Waals surface area contributed by atoms with Crippen molar-refractivity contribution in [1.29, 1.82) is 5.26 Å². The van der Waals surface area contributed by atoms with Crippen LogP contribution in [0.4, 0.5) is 5.69 Å². The van der Waals surface area contributed by atoms with Gasteiger partial charge in [0.1, 0.15) is 0 Å². The first-order chi connectivity index (χ1) is 6.24. The van der Waals surface area contributed by atoms with Gasteiger partial charge < -0.3 is 5.73 Å². The van der Waals surface area contributed by atoms with E-state index < -0.39 is 0 Å². The van der Waals surface area contributed by atoms with Crippen molar-refractivity contribution in [2.45, 2.75) is 6.42 Å². The normalized spacial score (nSPS) is 8.31. The van der Waals surface area contributed by atoms with Crippen LogP contribution in [-0.2, 0) is 0 Å². The number of halogens is 1. The fourth-order valence-corrected chi connectivity index (χ4v) is 0.971. The minimum absolute atomic E-state index is 0.224. The number of nitrogen functional groups attached to an aromatic ring is 1. The summed E-state index contributed by atoms with van der Waals surface area (Å²) in [7, 11) is 0. The molecule has 0 bridgehead atoms. The van der Waals surface area contributed by atoms with E-state index in [0.29, 0.717) is 10.7 Å². The molecule has 0 radical (unpaired) electrons. The number of nitrogens with two attached hydrogens (primary N) is 1. The van der Waals surface area contributed by atoms with E-state index in [9.17, 15) is 0 Å². The van der Waals surface area contributed by atoms with Crippen molar-refractivity contribution in [1.82, 2.24) is 0 Å². The van der Waals surface area contributed by atoms with Gasteiger partial charge in [-0.25, -0.2) is 0 Å². The lowest BCUT2D eigenvalue weighted by Gasteiger charge is -1.96. The first kappa shape index (κ1) is 9.45. The highest BCUT2D eigenvalue weighted by Gasteiger charge is 1.94. The number of hydrogen-bond donors (Lipinski definition) is 1. The quantitative estimate of drug-likeness (QED) is 0.504. The van der Waals surface area contributed by atoms with Gasteiger partial charge in [-0.1, -0.05) is 23.4 Å². The summed E-state index contributed by atoms with van der Waals surface area (Å²) in [5.74, 6) is 5.49. The molecule has 0 amide bonds. The van der Waals surface area contributed by atoms with Gasteiger partial charge in [-0.05, 0) is 18.2 Å². The third kappa shape index (κ3) is 2.71. The Morgan fingerprint density at radius 1 is 1.46 bits per heavy atom. The molecule has 0 aliphatic rings. The first-order valence-electron chi connectivity index (χ1n) is 3.65. The first-order valence-corrected chi connectivity index (χ1v) is 4.02. The van der Waals surface area contributed by atoms with Gasteiger partial charge in [0.2, 0.25) is 0 Å². The number of nitriles is 1. The minimum Gasteiger partial charge on any atom is -0.398 e. The van der Waals surface area contributed by atoms with Crippen LogP contribution in [0, 0.1) is 23.2 Å². The molecule has 0 heterocycles. The summed E-state index contributed by atoms with van der Waals surface area (Å²) in [5.41, 5.74) is 6.82. The van der Waals surface area contributed by atoms with Crippen LogP contribution in [0.15, 0.2) is 18.2 Å². The summed E-state index contributed by atoms with van der Waals surface area (Å²) in [6.07, 6.45) is 0.224. The van der Waals surface area contributed by atoms with Gasteiger partial charge in [-0.15, -0.1) is 0 Å². The van der Waals surface area contributed by atoms with Crippen LogP contribution in [-0.4, -0.2) is 0 Å². The van der Waals surface area contributed by atoms with Crippen LogP contribution >= 0.6 is 11.6 Å². The van der Waals surface area contributed by atoms with Gasteiger partial charge in [0.05, 0.1) is 23.2 Å². The Morgan fingerprint density at radius 3 is 2.85 bits per heavy atom. The fraction of sp³-hybridized carbons (Fsp3) is 0.100. The summed E-state index contributed by atoms with van der Waals surface area (Å²) in [5, 5.41) is 8.73. The maximum absolute atomic E-state index is 8.24. The Labute approximate surface area is 81.9 Å². The van der Waals surface area contributed by atoms with Crippen molar-refractivity contribution >= 4 is 17.3 Å². The van der Waals surface area contributed by atoms with E-state index in [1.807, 2.05) is 6.07 Å². The molecule has 0 spiro atoms. The molecule has 2 N–H and O–H groups in total.